The van der Waals surface area contributed by atoms with E-state index in [1.165, 1.54) is 24.4 Å². The number of fused-ring (bicyclic) bond motifs is 1. The first kappa shape index (κ1) is 15.9. The highest BCUT2D eigenvalue weighted by Gasteiger charge is 2.29. The van der Waals surface area contributed by atoms with Gasteiger partial charge in [0.2, 0.25) is 6.79 Å². The molecule has 1 amide bonds. The third-order valence-corrected chi connectivity index (χ3v) is 3.25. The van der Waals surface area contributed by atoms with Crippen molar-refractivity contribution in [2.45, 2.75) is 6.18 Å². The normalized spacial score (nSPS) is 13.3. The highest BCUT2D eigenvalue weighted by molar-refractivity contribution is 5.95. The Bertz CT molecular complexity index is 786. The molecule has 1 aliphatic heterocycles. The number of hydrogen-bond acceptors (Lipinski definition) is 4. The van der Waals surface area contributed by atoms with Gasteiger partial charge < -0.3 is 9.47 Å². The van der Waals surface area contributed by atoms with Crippen molar-refractivity contribution in [3.8, 4) is 11.5 Å². The van der Waals surface area contributed by atoms with E-state index in [-0.39, 0.29) is 6.79 Å². The zero-order valence-corrected chi connectivity index (χ0v) is 12.1. The molecular formula is C16H11F3N2O3. The fourth-order valence-corrected chi connectivity index (χ4v) is 2.03. The van der Waals surface area contributed by atoms with Crippen LogP contribution in [0.3, 0.4) is 0 Å². The predicted molar refractivity (Wildman–Crippen MR) is 79.1 cm³/mol. The topological polar surface area (TPSA) is 59.9 Å². The first-order valence-corrected chi connectivity index (χ1v) is 6.84. The quantitative estimate of drug-likeness (QED) is 0.692. The maximum atomic E-state index is 12.5. The number of halogens is 3. The Morgan fingerprint density at radius 3 is 2.50 bits per heavy atom. The summed E-state index contributed by atoms with van der Waals surface area (Å²) in [6.45, 7) is 0.104. The summed E-state index contributed by atoms with van der Waals surface area (Å²) in [4.78, 5) is 12.0. The van der Waals surface area contributed by atoms with Gasteiger partial charge in [-0.3, -0.25) is 4.79 Å². The Labute approximate surface area is 134 Å². The zero-order valence-electron chi connectivity index (χ0n) is 12.1. The van der Waals surface area contributed by atoms with E-state index in [1.807, 2.05) is 0 Å². The number of nitrogens with zero attached hydrogens (tertiary/aromatic N) is 1. The molecule has 0 radical (unpaired) electrons. The van der Waals surface area contributed by atoms with Gasteiger partial charge in [0.05, 0.1) is 11.8 Å². The van der Waals surface area contributed by atoms with Crippen molar-refractivity contribution < 1.29 is 27.4 Å². The first-order chi connectivity index (χ1) is 11.4. The number of alkyl halides is 3. The lowest BCUT2D eigenvalue weighted by Crippen LogP contribution is -2.17. The van der Waals surface area contributed by atoms with Crippen LogP contribution in [0.5, 0.6) is 11.5 Å². The second kappa shape index (κ2) is 6.23. The fourth-order valence-electron chi connectivity index (χ4n) is 2.03. The minimum absolute atomic E-state index is 0.104. The van der Waals surface area contributed by atoms with Gasteiger partial charge >= 0.3 is 6.18 Å². The summed E-state index contributed by atoms with van der Waals surface area (Å²) in [6.07, 6.45) is -3.13. The van der Waals surface area contributed by atoms with Crippen molar-refractivity contribution in [2.75, 3.05) is 6.79 Å². The Balaban J connectivity index is 1.62. The van der Waals surface area contributed by atoms with Crippen LogP contribution in [-0.2, 0) is 6.18 Å². The number of carbonyl (C=O) groups excluding carboxylic acids is 1. The molecule has 0 aliphatic carbocycles. The average molecular weight is 336 g/mol. The molecule has 0 saturated carbocycles. The van der Waals surface area contributed by atoms with Gasteiger partial charge in [0.1, 0.15) is 0 Å². The van der Waals surface area contributed by atoms with Crippen molar-refractivity contribution in [1.29, 1.82) is 0 Å². The SMILES string of the molecule is O=C(N/N=C/c1ccc(C(F)(F)F)cc1)c1ccc2c(c1)OCO2. The molecule has 124 valence electrons. The number of hydrazone groups is 1. The first-order valence-electron chi connectivity index (χ1n) is 6.84. The molecule has 0 saturated heterocycles. The van der Waals surface area contributed by atoms with Crippen molar-refractivity contribution in [3.05, 3.63) is 59.2 Å². The van der Waals surface area contributed by atoms with Gasteiger partial charge in [0, 0.05) is 5.56 Å². The Kier molecular flexibility index (Phi) is 4.11. The molecule has 1 heterocycles. The lowest BCUT2D eigenvalue weighted by molar-refractivity contribution is -0.137. The standard InChI is InChI=1S/C16H11F3N2O3/c17-16(18,19)12-4-1-10(2-5-12)8-20-21-15(22)11-3-6-13-14(7-11)24-9-23-13/h1-8H,9H2,(H,21,22)/b20-8+. The molecule has 8 heteroatoms. The summed E-state index contributed by atoms with van der Waals surface area (Å²) in [6, 6.07) is 9.10. The number of hydrogen-bond donors (Lipinski definition) is 1. The molecule has 3 rings (SSSR count). The predicted octanol–water partition coefficient (Wildman–Crippen LogP) is 3.20. The molecule has 0 atom stereocenters. The molecule has 0 spiro atoms. The van der Waals surface area contributed by atoms with Gasteiger partial charge in [-0.15, -0.1) is 0 Å². The van der Waals surface area contributed by atoms with E-state index in [4.69, 9.17) is 9.47 Å². The summed E-state index contributed by atoms with van der Waals surface area (Å²) in [5, 5.41) is 3.73. The minimum Gasteiger partial charge on any atom is -0.454 e. The molecule has 1 aliphatic rings. The van der Waals surface area contributed by atoms with E-state index in [0.717, 1.165) is 12.1 Å². The molecule has 2 aromatic rings. The smallest absolute Gasteiger partial charge is 0.416 e. The number of carbonyl (C=O) groups is 1. The van der Waals surface area contributed by atoms with Crippen LogP contribution in [0.2, 0.25) is 0 Å². The largest absolute Gasteiger partial charge is 0.454 e. The molecule has 24 heavy (non-hydrogen) atoms. The van der Waals surface area contributed by atoms with Crippen molar-refractivity contribution in [2.24, 2.45) is 5.10 Å². The molecule has 0 aromatic heterocycles. The van der Waals surface area contributed by atoms with Gasteiger partial charge in [-0.25, -0.2) is 5.43 Å². The van der Waals surface area contributed by atoms with Crippen LogP contribution >= 0.6 is 0 Å². The van der Waals surface area contributed by atoms with Crippen LogP contribution in [-0.4, -0.2) is 18.9 Å². The van der Waals surface area contributed by atoms with Crippen molar-refractivity contribution in [3.63, 3.8) is 0 Å². The fraction of sp³-hybridized carbons (Fsp3) is 0.125. The summed E-state index contributed by atoms with van der Waals surface area (Å²) in [7, 11) is 0. The molecule has 0 unspecified atom stereocenters. The van der Waals surface area contributed by atoms with Gasteiger partial charge in [-0.2, -0.15) is 18.3 Å². The molecule has 2 aromatic carbocycles. The van der Waals surface area contributed by atoms with Crippen LogP contribution in [0.4, 0.5) is 13.2 Å². The zero-order chi connectivity index (χ0) is 17.2. The van der Waals surface area contributed by atoms with Crippen LogP contribution in [0.15, 0.2) is 47.6 Å². The van der Waals surface area contributed by atoms with Crippen LogP contribution < -0.4 is 14.9 Å². The number of nitrogens with one attached hydrogen (secondary N) is 1. The number of amides is 1. The Morgan fingerprint density at radius 2 is 1.79 bits per heavy atom. The lowest BCUT2D eigenvalue weighted by Gasteiger charge is -2.05. The van der Waals surface area contributed by atoms with Gasteiger partial charge in [0.25, 0.3) is 5.91 Å². The highest BCUT2D eigenvalue weighted by Crippen LogP contribution is 2.32. The van der Waals surface area contributed by atoms with Crippen molar-refractivity contribution in [1.82, 2.24) is 5.43 Å². The van der Waals surface area contributed by atoms with E-state index in [2.05, 4.69) is 10.5 Å². The molecular weight excluding hydrogens is 325 g/mol. The average Bonchev–Trinajstić information content (AvgIpc) is 3.02. The summed E-state index contributed by atoms with van der Waals surface area (Å²) in [5.41, 5.74) is 2.30. The second-order valence-electron chi connectivity index (χ2n) is 4.89. The van der Waals surface area contributed by atoms with E-state index in [9.17, 15) is 18.0 Å². The molecule has 0 bridgehead atoms. The van der Waals surface area contributed by atoms with Crippen molar-refractivity contribution >= 4 is 12.1 Å². The Hall–Kier alpha value is -3.03. The van der Waals surface area contributed by atoms with E-state index >= 15 is 0 Å². The maximum Gasteiger partial charge on any atom is 0.416 e. The summed E-state index contributed by atoms with van der Waals surface area (Å²) < 4.78 is 47.7. The summed E-state index contributed by atoms with van der Waals surface area (Å²) in [5.74, 6) is 0.547. The van der Waals surface area contributed by atoms with E-state index < -0.39 is 17.6 Å². The van der Waals surface area contributed by atoms with Gasteiger partial charge in [0.15, 0.2) is 11.5 Å². The van der Waals surface area contributed by atoms with Crippen LogP contribution in [0.1, 0.15) is 21.5 Å². The number of ether oxygens (including phenoxy) is 2. The monoisotopic (exact) mass is 336 g/mol. The van der Waals surface area contributed by atoms with Gasteiger partial charge in [-0.1, -0.05) is 12.1 Å². The third-order valence-electron chi connectivity index (χ3n) is 3.25. The maximum absolute atomic E-state index is 12.5. The second-order valence-corrected chi connectivity index (χ2v) is 4.89. The van der Waals surface area contributed by atoms with E-state index in [0.29, 0.717) is 22.6 Å². The van der Waals surface area contributed by atoms with Crippen LogP contribution in [0, 0.1) is 0 Å². The number of rotatable bonds is 3. The molecule has 0 fully saturated rings. The van der Waals surface area contributed by atoms with Crippen LogP contribution in [0.25, 0.3) is 0 Å². The van der Waals surface area contributed by atoms with E-state index in [1.54, 1.807) is 12.1 Å². The lowest BCUT2D eigenvalue weighted by atomic mass is 10.1. The third kappa shape index (κ3) is 3.48. The minimum atomic E-state index is -4.39. The summed E-state index contributed by atoms with van der Waals surface area (Å²) >= 11 is 0. The number of benzene rings is 2. The van der Waals surface area contributed by atoms with Gasteiger partial charge in [-0.05, 0) is 35.9 Å². The molecule has 1 N–H and O–H groups in total. The Morgan fingerprint density at radius 1 is 1.08 bits per heavy atom. The highest BCUT2D eigenvalue weighted by atomic mass is 19.4. The molecule has 5 nitrogen and oxygen atoms in total.